The number of carbonyl (C=O) groups excluding carboxylic acids is 1. The lowest BCUT2D eigenvalue weighted by atomic mass is 10.2. The lowest BCUT2D eigenvalue weighted by molar-refractivity contribution is -0.119. The fourth-order valence-corrected chi connectivity index (χ4v) is 2.45. The van der Waals surface area contributed by atoms with Crippen molar-refractivity contribution in [2.45, 2.75) is 44.6 Å². The maximum absolute atomic E-state index is 11.7. The van der Waals surface area contributed by atoms with Crippen LogP contribution in [0.1, 0.15) is 32.3 Å². The monoisotopic (exact) mass is 266 g/mol. The molecular weight excluding hydrogens is 244 g/mol. The molecule has 0 radical (unpaired) electrons. The highest BCUT2D eigenvalue weighted by atomic mass is 32.2. The molecule has 1 amide bonds. The number of benzene rings is 1. The van der Waals surface area contributed by atoms with Crippen LogP contribution in [0, 0.1) is 6.92 Å². The maximum Gasteiger partial charge on any atom is 0.230 e. The average Bonchev–Trinajstić information content (AvgIpc) is 2.37. The van der Waals surface area contributed by atoms with Crippen molar-refractivity contribution in [3.8, 4) is 0 Å². The summed E-state index contributed by atoms with van der Waals surface area (Å²) in [6, 6.07) is 6.16. The van der Waals surface area contributed by atoms with Gasteiger partial charge in [-0.25, -0.2) is 0 Å². The predicted octanol–water partition coefficient (Wildman–Crippen LogP) is 2.97. The average molecular weight is 266 g/mol. The van der Waals surface area contributed by atoms with E-state index in [0.29, 0.717) is 11.8 Å². The van der Waals surface area contributed by atoms with Gasteiger partial charge >= 0.3 is 0 Å². The van der Waals surface area contributed by atoms with Crippen molar-refractivity contribution >= 4 is 23.4 Å². The van der Waals surface area contributed by atoms with E-state index in [1.54, 1.807) is 11.8 Å². The molecule has 0 saturated heterocycles. The summed E-state index contributed by atoms with van der Waals surface area (Å²) in [6.45, 7) is 6.15. The number of amides is 1. The van der Waals surface area contributed by atoms with Gasteiger partial charge in [-0.3, -0.25) is 4.79 Å². The Balaban J connectivity index is 2.44. The van der Waals surface area contributed by atoms with E-state index in [0.717, 1.165) is 29.0 Å². The second kappa shape index (κ2) is 7.31. The molecule has 0 aliphatic heterocycles. The number of anilines is 1. The number of nitrogens with two attached hydrogens (primary N) is 1. The number of rotatable bonds is 6. The second-order valence-electron chi connectivity index (χ2n) is 4.39. The third-order valence-electron chi connectivity index (χ3n) is 2.96. The Morgan fingerprint density at radius 2 is 2.06 bits per heavy atom. The topological polar surface area (TPSA) is 55.1 Å². The molecule has 18 heavy (non-hydrogen) atoms. The summed E-state index contributed by atoms with van der Waals surface area (Å²) in [7, 11) is 0. The van der Waals surface area contributed by atoms with Crippen molar-refractivity contribution in [1.82, 2.24) is 5.32 Å². The summed E-state index contributed by atoms with van der Waals surface area (Å²) >= 11 is 1.55. The van der Waals surface area contributed by atoms with Gasteiger partial charge in [0.05, 0.1) is 5.75 Å². The Hall–Kier alpha value is -1.16. The van der Waals surface area contributed by atoms with Crippen LogP contribution in [0.2, 0.25) is 0 Å². The Kier molecular flexibility index (Phi) is 6.05. The molecule has 1 aromatic carbocycles. The number of aryl methyl sites for hydroxylation is 1. The molecule has 0 aromatic heterocycles. The van der Waals surface area contributed by atoms with Crippen LogP contribution in [0.3, 0.4) is 0 Å². The highest BCUT2D eigenvalue weighted by Crippen LogP contribution is 2.22. The Labute approximate surface area is 114 Å². The van der Waals surface area contributed by atoms with Crippen molar-refractivity contribution in [1.29, 1.82) is 0 Å². The van der Waals surface area contributed by atoms with Crippen LogP contribution in [0.4, 0.5) is 5.69 Å². The minimum absolute atomic E-state index is 0.100. The van der Waals surface area contributed by atoms with E-state index < -0.39 is 0 Å². The van der Waals surface area contributed by atoms with Gasteiger partial charge in [0.25, 0.3) is 0 Å². The molecule has 1 aromatic rings. The first-order valence-electron chi connectivity index (χ1n) is 6.35. The molecule has 0 aliphatic carbocycles. The lowest BCUT2D eigenvalue weighted by Gasteiger charge is -2.14. The summed E-state index contributed by atoms with van der Waals surface area (Å²) < 4.78 is 0. The maximum atomic E-state index is 11.7. The number of hydrogen-bond donors (Lipinski definition) is 2. The number of nitrogen functional groups attached to an aromatic ring is 1. The molecule has 0 aliphatic rings. The molecule has 100 valence electrons. The summed E-state index contributed by atoms with van der Waals surface area (Å²) in [6.07, 6.45) is 1.96. The molecule has 0 unspecified atom stereocenters. The third-order valence-corrected chi connectivity index (χ3v) is 3.96. The molecule has 0 atom stereocenters. The number of nitrogens with one attached hydrogen (secondary N) is 1. The van der Waals surface area contributed by atoms with Crippen LogP contribution >= 0.6 is 11.8 Å². The molecule has 0 bridgehead atoms. The summed E-state index contributed by atoms with van der Waals surface area (Å²) in [5.74, 6) is 0.558. The summed E-state index contributed by atoms with van der Waals surface area (Å²) in [5, 5.41) is 3.03. The molecule has 0 spiro atoms. The number of hydrogen-bond acceptors (Lipinski definition) is 3. The smallest absolute Gasteiger partial charge is 0.230 e. The van der Waals surface area contributed by atoms with E-state index >= 15 is 0 Å². The first kappa shape index (κ1) is 14.9. The van der Waals surface area contributed by atoms with Crippen LogP contribution < -0.4 is 11.1 Å². The highest BCUT2D eigenvalue weighted by Gasteiger charge is 2.08. The van der Waals surface area contributed by atoms with Crippen molar-refractivity contribution in [2.24, 2.45) is 0 Å². The van der Waals surface area contributed by atoms with E-state index in [9.17, 15) is 4.79 Å². The van der Waals surface area contributed by atoms with E-state index in [2.05, 4.69) is 19.2 Å². The Morgan fingerprint density at radius 3 is 2.61 bits per heavy atom. The molecule has 0 saturated carbocycles. The van der Waals surface area contributed by atoms with Gasteiger partial charge in [-0.05, 0) is 43.5 Å². The Morgan fingerprint density at radius 1 is 1.39 bits per heavy atom. The predicted molar refractivity (Wildman–Crippen MR) is 78.8 cm³/mol. The molecular formula is C14H22N2OS. The van der Waals surface area contributed by atoms with E-state index in [1.165, 1.54) is 0 Å². The number of thioether (sulfide) groups is 1. The van der Waals surface area contributed by atoms with Gasteiger partial charge in [0, 0.05) is 16.6 Å². The van der Waals surface area contributed by atoms with Crippen LogP contribution in [0.5, 0.6) is 0 Å². The molecule has 0 heterocycles. The molecule has 0 fully saturated rings. The first-order chi connectivity index (χ1) is 8.56. The highest BCUT2D eigenvalue weighted by molar-refractivity contribution is 8.00. The summed E-state index contributed by atoms with van der Waals surface area (Å²) in [5.41, 5.74) is 7.61. The quantitative estimate of drug-likeness (QED) is 0.615. The minimum Gasteiger partial charge on any atom is -0.399 e. The molecule has 1 rings (SSSR count). The van der Waals surface area contributed by atoms with Crippen molar-refractivity contribution in [2.75, 3.05) is 11.5 Å². The van der Waals surface area contributed by atoms with Gasteiger partial charge < -0.3 is 11.1 Å². The van der Waals surface area contributed by atoms with E-state index in [-0.39, 0.29) is 5.91 Å². The van der Waals surface area contributed by atoms with Crippen LogP contribution in [0.25, 0.3) is 0 Å². The zero-order valence-electron chi connectivity index (χ0n) is 11.3. The van der Waals surface area contributed by atoms with Gasteiger partial charge in [0.1, 0.15) is 0 Å². The minimum atomic E-state index is 0.100. The number of carbonyl (C=O) groups is 1. The SMILES string of the molecule is CCC(CC)NC(=O)CSc1ccc(N)c(C)c1. The standard InChI is InChI=1S/C14H22N2OS/c1-4-11(5-2)16-14(17)9-18-12-6-7-13(15)10(3)8-12/h6-8,11H,4-5,9,15H2,1-3H3,(H,16,17). The molecule has 4 heteroatoms. The fraction of sp³-hybridized carbons (Fsp3) is 0.500. The first-order valence-corrected chi connectivity index (χ1v) is 7.33. The van der Waals surface area contributed by atoms with Crippen LogP contribution in [-0.4, -0.2) is 17.7 Å². The van der Waals surface area contributed by atoms with E-state index in [1.807, 2.05) is 25.1 Å². The summed E-state index contributed by atoms with van der Waals surface area (Å²) in [4.78, 5) is 12.8. The van der Waals surface area contributed by atoms with Gasteiger partial charge in [-0.2, -0.15) is 0 Å². The normalized spacial score (nSPS) is 10.7. The largest absolute Gasteiger partial charge is 0.399 e. The Bertz CT molecular complexity index is 403. The molecule has 3 nitrogen and oxygen atoms in total. The van der Waals surface area contributed by atoms with Crippen LogP contribution in [-0.2, 0) is 4.79 Å². The second-order valence-corrected chi connectivity index (χ2v) is 5.44. The fourth-order valence-electron chi connectivity index (χ4n) is 1.65. The van der Waals surface area contributed by atoms with Gasteiger partial charge in [0.2, 0.25) is 5.91 Å². The van der Waals surface area contributed by atoms with Gasteiger partial charge in [-0.1, -0.05) is 13.8 Å². The van der Waals surface area contributed by atoms with Gasteiger partial charge in [-0.15, -0.1) is 11.8 Å². The van der Waals surface area contributed by atoms with Gasteiger partial charge in [0.15, 0.2) is 0 Å². The van der Waals surface area contributed by atoms with E-state index in [4.69, 9.17) is 5.73 Å². The molecule has 3 N–H and O–H groups in total. The van der Waals surface area contributed by atoms with Crippen molar-refractivity contribution in [3.63, 3.8) is 0 Å². The zero-order chi connectivity index (χ0) is 13.5. The third kappa shape index (κ3) is 4.61. The zero-order valence-corrected chi connectivity index (χ0v) is 12.1. The van der Waals surface area contributed by atoms with Crippen LogP contribution in [0.15, 0.2) is 23.1 Å². The van der Waals surface area contributed by atoms with Crippen molar-refractivity contribution < 1.29 is 4.79 Å². The lowest BCUT2D eigenvalue weighted by Crippen LogP contribution is -2.34. The van der Waals surface area contributed by atoms with Crippen molar-refractivity contribution in [3.05, 3.63) is 23.8 Å².